The van der Waals surface area contributed by atoms with E-state index in [9.17, 15) is 31.2 Å². The number of hydrogen-bond acceptors (Lipinski definition) is 5. The van der Waals surface area contributed by atoms with E-state index >= 15 is 0 Å². The molecule has 0 spiro atoms. The van der Waals surface area contributed by atoms with Gasteiger partial charge in [-0.2, -0.15) is 13.2 Å². The molecule has 2 amide bonds. The molecule has 1 atom stereocenters. The summed E-state index contributed by atoms with van der Waals surface area (Å²) in [4.78, 5) is 27.4. The summed E-state index contributed by atoms with van der Waals surface area (Å²) in [5.41, 5.74) is 1.49. The number of halogens is 3. The van der Waals surface area contributed by atoms with Gasteiger partial charge in [-0.1, -0.05) is 42.5 Å². The second-order valence-electron chi connectivity index (χ2n) is 8.01. The lowest BCUT2D eigenvalue weighted by Gasteiger charge is -2.33. The van der Waals surface area contributed by atoms with Gasteiger partial charge in [-0.05, 0) is 30.2 Å². The molecule has 2 aromatic rings. The van der Waals surface area contributed by atoms with E-state index in [1.807, 2.05) is 6.07 Å². The average Bonchev–Trinajstić information content (AvgIpc) is 2.78. The van der Waals surface area contributed by atoms with Crippen molar-refractivity contribution in [2.45, 2.75) is 25.7 Å². The van der Waals surface area contributed by atoms with Crippen LogP contribution in [0.2, 0.25) is 0 Å². The first-order chi connectivity index (χ1) is 16.0. The fourth-order valence-electron chi connectivity index (χ4n) is 3.83. The fourth-order valence-corrected chi connectivity index (χ4v) is 5.06. The van der Waals surface area contributed by atoms with Gasteiger partial charge >= 0.3 is 12.1 Å². The van der Waals surface area contributed by atoms with Crippen molar-refractivity contribution in [1.82, 2.24) is 9.80 Å². The molecule has 2 aromatic carbocycles. The number of alkyl halides is 3. The van der Waals surface area contributed by atoms with E-state index in [4.69, 9.17) is 0 Å². The van der Waals surface area contributed by atoms with Crippen molar-refractivity contribution in [3.8, 4) is 0 Å². The predicted octanol–water partition coefficient (Wildman–Crippen LogP) is 3.01. The zero-order chi connectivity index (χ0) is 24.9. The van der Waals surface area contributed by atoms with Crippen molar-refractivity contribution >= 4 is 27.3 Å². The van der Waals surface area contributed by atoms with Gasteiger partial charge in [-0.3, -0.25) is 14.5 Å². The molecule has 0 aromatic heterocycles. The number of nitrogens with zero attached hydrogens (tertiary/aromatic N) is 2. The molecule has 1 fully saturated rings. The SMILES string of the molecule is CCN(Cc1cccc(NC(=O)C(c2ccccc2)N2CCS(=O)(=O)CC2)c1)C(=O)C(F)(F)F. The van der Waals surface area contributed by atoms with E-state index in [2.05, 4.69) is 5.32 Å². The van der Waals surface area contributed by atoms with Crippen molar-refractivity contribution < 1.29 is 31.2 Å². The topological polar surface area (TPSA) is 86.8 Å². The van der Waals surface area contributed by atoms with Gasteiger partial charge in [-0.25, -0.2) is 8.42 Å². The van der Waals surface area contributed by atoms with Gasteiger partial charge in [-0.15, -0.1) is 0 Å². The van der Waals surface area contributed by atoms with Crippen molar-refractivity contribution in [1.29, 1.82) is 0 Å². The Labute approximate surface area is 196 Å². The number of benzene rings is 2. The van der Waals surface area contributed by atoms with Crippen LogP contribution in [-0.4, -0.2) is 67.3 Å². The maximum Gasteiger partial charge on any atom is 0.471 e. The minimum absolute atomic E-state index is 0.0425. The number of hydrogen-bond donors (Lipinski definition) is 1. The van der Waals surface area contributed by atoms with Crippen molar-refractivity contribution in [2.75, 3.05) is 36.5 Å². The molecule has 0 aliphatic carbocycles. The Balaban J connectivity index is 1.79. The van der Waals surface area contributed by atoms with Crippen LogP contribution in [0.5, 0.6) is 0 Å². The summed E-state index contributed by atoms with van der Waals surface area (Å²) in [6.07, 6.45) is -4.97. The third-order valence-corrected chi connectivity index (χ3v) is 7.20. The number of anilines is 1. The van der Waals surface area contributed by atoms with Gasteiger partial charge in [0, 0.05) is 31.9 Å². The second-order valence-corrected chi connectivity index (χ2v) is 10.3. The van der Waals surface area contributed by atoms with Crippen LogP contribution in [0.1, 0.15) is 24.1 Å². The molecule has 1 aliphatic heterocycles. The van der Waals surface area contributed by atoms with Gasteiger partial charge in [0.05, 0.1) is 11.5 Å². The van der Waals surface area contributed by atoms with Crippen LogP contribution in [0, 0.1) is 0 Å². The molecule has 0 saturated carbocycles. The zero-order valence-corrected chi connectivity index (χ0v) is 19.4. The van der Waals surface area contributed by atoms with Crippen molar-refractivity contribution in [3.63, 3.8) is 0 Å². The van der Waals surface area contributed by atoms with Crippen LogP contribution in [0.4, 0.5) is 18.9 Å². The number of carbonyl (C=O) groups excluding carboxylic acids is 2. The lowest BCUT2D eigenvalue weighted by Crippen LogP contribution is -2.46. The summed E-state index contributed by atoms with van der Waals surface area (Å²) in [5, 5.41) is 2.79. The molecule has 1 unspecified atom stereocenters. The van der Waals surface area contributed by atoms with Gasteiger partial charge < -0.3 is 10.2 Å². The molecule has 1 N–H and O–H groups in total. The van der Waals surface area contributed by atoms with E-state index in [0.29, 0.717) is 21.7 Å². The molecule has 1 aliphatic rings. The first-order valence-electron chi connectivity index (χ1n) is 10.8. The van der Waals surface area contributed by atoms with E-state index in [-0.39, 0.29) is 43.6 Å². The highest BCUT2D eigenvalue weighted by molar-refractivity contribution is 7.91. The lowest BCUT2D eigenvalue weighted by atomic mass is 10.0. The van der Waals surface area contributed by atoms with Crippen LogP contribution in [-0.2, 0) is 26.0 Å². The third-order valence-electron chi connectivity index (χ3n) is 5.59. The van der Waals surface area contributed by atoms with Gasteiger partial charge in [0.15, 0.2) is 9.84 Å². The molecule has 184 valence electrons. The molecule has 1 heterocycles. The smallest absolute Gasteiger partial charge is 0.331 e. The molecular formula is C23H26F3N3O4S. The minimum atomic E-state index is -4.97. The van der Waals surface area contributed by atoms with E-state index in [1.165, 1.54) is 13.0 Å². The summed E-state index contributed by atoms with van der Waals surface area (Å²) in [6.45, 7) is 1.49. The number of rotatable bonds is 7. The third kappa shape index (κ3) is 6.57. The molecule has 0 bridgehead atoms. The Kier molecular flexibility index (Phi) is 7.98. The van der Waals surface area contributed by atoms with Gasteiger partial charge in [0.25, 0.3) is 0 Å². The lowest BCUT2D eigenvalue weighted by molar-refractivity contribution is -0.185. The molecule has 7 nitrogen and oxygen atoms in total. The number of nitrogens with one attached hydrogen (secondary N) is 1. The normalized spacial score (nSPS) is 17.1. The quantitative estimate of drug-likeness (QED) is 0.636. The van der Waals surface area contributed by atoms with E-state index < -0.39 is 28.0 Å². The first kappa shape index (κ1) is 25.7. The average molecular weight is 498 g/mol. The van der Waals surface area contributed by atoms with Crippen LogP contribution in [0.3, 0.4) is 0 Å². The number of sulfone groups is 1. The Hall–Kier alpha value is -2.92. The summed E-state index contributed by atoms with van der Waals surface area (Å²) >= 11 is 0. The van der Waals surface area contributed by atoms with Crippen molar-refractivity contribution in [3.05, 3.63) is 65.7 Å². The minimum Gasteiger partial charge on any atom is -0.331 e. The summed E-state index contributed by atoms with van der Waals surface area (Å²) in [5.74, 6) is -2.40. The van der Waals surface area contributed by atoms with Crippen LogP contribution in [0.25, 0.3) is 0 Å². The maximum absolute atomic E-state index is 13.3. The number of carbonyl (C=O) groups is 2. The van der Waals surface area contributed by atoms with Gasteiger partial charge in [0.2, 0.25) is 5.91 Å². The van der Waals surface area contributed by atoms with E-state index in [0.717, 1.165) is 0 Å². The summed E-state index contributed by atoms with van der Waals surface area (Å²) < 4.78 is 62.2. The summed E-state index contributed by atoms with van der Waals surface area (Å²) in [6, 6.07) is 14.5. The Bertz CT molecular complexity index is 1110. The first-order valence-corrected chi connectivity index (χ1v) is 12.6. The molecule has 11 heteroatoms. The van der Waals surface area contributed by atoms with Crippen LogP contribution < -0.4 is 5.32 Å². The summed E-state index contributed by atoms with van der Waals surface area (Å²) in [7, 11) is -3.14. The molecule has 0 radical (unpaired) electrons. The Morgan fingerprint density at radius 3 is 2.29 bits per heavy atom. The highest BCUT2D eigenvalue weighted by atomic mass is 32.2. The fraction of sp³-hybridized carbons (Fsp3) is 0.391. The second kappa shape index (κ2) is 10.6. The Morgan fingerprint density at radius 1 is 1.06 bits per heavy atom. The van der Waals surface area contributed by atoms with Gasteiger partial charge in [0.1, 0.15) is 6.04 Å². The predicted molar refractivity (Wildman–Crippen MR) is 122 cm³/mol. The zero-order valence-electron chi connectivity index (χ0n) is 18.6. The maximum atomic E-state index is 13.3. The molecule has 34 heavy (non-hydrogen) atoms. The molecule has 3 rings (SSSR count). The van der Waals surface area contributed by atoms with Crippen LogP contribution >= 0.6 is 0 Å². The van der Waals surface area contributed by atoms with E-state index in [1.54, 1.807) is 47.4 Å². The Morgan fingerprint density at radius 2 is 1.71 bits per heavy atom. The highest BCUT2D eigenvalue weighted by Crippen LogP contribution is 2.26. The monoisotopic (exact) mass is 497 g/mol. The van der Waals surface area contributed by atoms with Crippen molar-refractivity contribution in [2.24, 2.45) is 0 Å². The van der Waals surface area contributed by atoms with Crippen LogP contribution in [0.15, 0.2) is 54.6 Å². The molecular weight excluding hydrogens is 471 g/mol. The highest BCUT2D eigenvalue weighted by Gasteiger charge is 2.42. The number of amides is 2. The largest absolute Gasteiger partial charge is 0.471 e. The standard InChI is InChI=1S/C23H26F3N3O4S/c1-2-28(22(31)23(24,25)26)16-17-7-6-10-19(15-17)27-21(30)20(18-8-4-3-5-9-18)29-11-13-34(32,33)14-12-29/h3-10,15,20H,2,11-14,16H2,1H3,(H,27,30). The molecule has 1 saturated heterocycles.